The fourth-order valence-corrected chi connectivity index (χ4v) is 3.81. The van der Waals surface area contributed by atoms with Crippen LogP contribution < -0.4 is 16.0 Å². The summed E-state index contributed by atoms with van der Waals surface area (Å²) in [4.78, 5) is 24.5. The first-order chi connectivity index (χ1) is 14.1. The quantitative estimate of drug-likeness (QED) is 0.525. The zero-order valence-corrected chi connectivity index (χ0v) is 16.7. The SMILES string of the molecule is O=C(C[C@H]1C=C[C@H](NC(=O)NC2CCCCC2)[C@@H](CO)O1)NCc1ccccc1. The minimum atomic E-state index is -0.580. The van der Waals surface area contributed by atoms with Gasteiger partial charge in [0.2, 0.25) is 5.91 Å². The number of carbonyl (C=O) groups is 2. The first-order valence-electron chi connectivity index (χ1n) is 10.5. The van der Waals surface area contributed by atoms with E-state index in [1.165, 1.54) is 6.42 Å². The Balaban J connectivity index is 1.44. The number of amides is 3. The van der Waals surface area contributed by atoms with Gasteiger partial charge in [0.15, 0.2) is 0 Å². The Bertz CT molecular complexity index is 689. The van der Waals surface area contributed by atoms with Gasteiger partial charge in [0.25, 0.3) is 0 Å². The van der Waals surface area contributed by atoms with Crippen LogP contribution in [0.1, 0.15) is 44.1 Å². The van der Waals surface area contributed by atoms with E-state index in [-0.39, 0.29) is 31.0 Å². The summed E-state index contributed by atoms with van der Waals surface area (Å²) >= 11 is 0. The molecule has 4 N–H and O–H groups in total. The Kier molecular flexibility index (Phi) is 8.07. The van der Waals surface area contributed by atoms with Crippen LogP contribution in [0.15, 0.2) is 42.5 Å². The molecule has 7 heteroatoms. The van der Waals surface area contributed by atoms with Gasteiger partial charge in [-0.05, 0) is 18.4 Å². The van der Waals surface area contributed by atoms with Gasteiger partial charge in [-0.1, -0.05) is 61.7 Å². The molecule has 1 heterocycles. The van der Waals surface area contributed by atoms with Crippen LogP contribution in [0.2, 0.25) is 0 Å². The van der Waals surface area contributed by atoms with E-state index >= 15 is 0 Å². The number of urea groups is 1. The summed E-state index contributed by atoms with van der Waals surface area (Å²) in [5, 5.41) is 18.4. The lowest BCUT2D eigenvalue weighted by atomic mass is 9.96. The molecule has 0 saturated heterocycles. The summed E-state index contributed by atoms with van der Waals surface area (Å²) in [6, 6.07) is 9.24. The third kappa shape index (κ3) is 6.87. The molecule has 0 unspecified atom stereocenters. The normalized spacial score (nSPS) is 24.7. The monoisotopic (exact) mass is 401 g/mol. The lowest BCUT2D eigenvalue weighted by Gasteiger charge is -2.32. The van der Waals surface area contributed by atoms with Crippen LogP contribution in [0, 0.1) is 0 Å². The van der Waals surface area contributed by atoms with Crippen molar-refractivity contribution < 1.29 is 19.4 Å². The van der Waals surface area contributed by atoms with Gasteiger partial charge in [-0.3, -0.25) is 4.79 Å². The summed E-state index contributed by atoms with van der Waals surface area (Å²) in [6.45, 7) is 0.228. The van der Waals surface area contributed by atoms with Gasteiger partial charge in [-0.2, -0.15) is 0 Å². The highest BCUT2D eigenvalue weighted by atomic mass is 16.5. The molecular formula is C22H31N3O4. The second-order valence-electron chi connectivity index (χ2n) is 7.73. The van der Waals surface area contributed by atoms with E-state index in [1.807, 2.05) is 30.3 Å². The van der Waals surface area contributed by atoms with E-state index in [0.717, 1.165) is 31.2 Å². The molecule has 1 fully saturated rings. The van der Waals surface area contributed by atoms with Gasteiger partial charge >= 0.3 is 6.03 Å². The van der Waals surface area contributed by atoms with Crippen molar-refractivity contribution in [2.75, 3.05) is 6.61 Å². The Morgan fingerprint density at radius 1 is 1.03 bits per heavy atom. The number of rotatable bonds is 7. The maximum atomic E-state index is 12.3. The maximum Gasteiger partial charge on any atom is 0.315 e. The third-order valence-corrected chi connectivity index (χ3v) is 5.42. The van der Waals surface area contributed by atoms with Gasteiger partial charge < -0.3 is 25.8 Å². The number of ether oxygens (including phenoxy) is 1. The zero-order chi connectivity index (χ0) is 20.5. The highest BCUT2D eigenvalue weighted by Crippen LogP contribution is 2.18. The van der Waals surface area contributed by atoms with E-state index in [0.29, 0.717) is 6.54 Å². The highest BCUT2D eigenvalue weighted by molar-refractivity contribution is 5.77. The fraction of sp³-hybridized carbons (Fsp3) is 0.545. The molecule has 0 aromatic heterocycles. The third-order valence-electron chi connectivity index (χ3n) is 5.42. The summed E-state index contributed by atoms with van der Waals surface area (Å²) in [7, 11) is 0. The highest BCUT2D eigenvalue weighted by Gasteiger charge is 2.29. The van der Waals surface area contributed by atoms with Crippen LogP contribution in [-0.4, -0.2) is 47.9 Å². The van der Waals surface area contributed by atoms with Crippen LogP contribution in [0.4, 0.5) is 4.79 Å². The molecule has 0 bridgehead atoms. The van der Waals surface area contributed by atoms with Crippen molar-refractivity contribution in [3.8, 4) is 0 Å². The molecule has 3 amide bonds. The Labute approximate surface area is 171 Å². The molecule has 3 rings (SSSR count). The number of hydrogen-bond donors (Lipinski definition) is 4. The Morgan fingerprint density at radius 3 is 2.52 bits per heavy atom. The number of nitrogens with one attached hydrogen (secondary N) is 3. The summed E-state index contributed by atoms with van der Waals surface area (Å²) < 4.78 is 5.82. The standard InChI is InChI=1S/C22H31N3O4/c26-15-20-19(25-22(28)24-17-9-5-2-6-10-17)12-11-18(29-20)13-21(27)23-14-16-7-3-1-4-8-16/h1,3-4,7-8,11-12,17-20,26H,2,5-6,9-10,13-15H2,(H,23,27)(H2,24,25,28)/t18-,19+,20-/m1/s1. The molecule has 1 aliphatic heterocycles. The predicted molar refractivity (Wildman–Crippen MR) is 110 cm³/mol. The molecule has 0 radical (unpaired) electrons. The average Bonchev–Trinajstić information content (AvgIpc) is 2.74. The van der Waals surface area contributed by atoms with E-state index < -0.39 is 18.2 Å². The number of carbonyl (C=O) groups excluding carboxylic acids is 2. The van der Waals surface area contributed by atoms with Crippen molar-refractivity contribution in [3.63, 3.8) is 0 Å². The molecule has 1 saturated carbocycles. The first-order valence-corrected chi connectivity index (χ1v) is 10.5. The van der Waals surface area contributed by atoms with E-state index in [2.05, 4.69) is 16.0 Å². The molecule has 0 spiro atoms. The van der Waals surface area contributed by atoms with Crippen LogP contribution in [-0.2, 0) is 16.1 Å². The summed E-state index contributed by atoms with van der Waals surface area (Å²) in [5.41, 5.74) is 1.03. The summed E-state index contributed by atoms with van der Waals surface area (Å²) in [5.74, 6) is -0.123. The molecule has 158 valence electrons. The van der Waals surface area contributed by atoms with Crippen LogP contribution in [0.3, 0.4) is 0 Å². The van der Waals surface area contributed by atoms with Crippen LogP contribution in [0.25, 0.3) is 0 Å². The molecule has 2 aliphatic rings. The molecule has 7 nitrogen and oxygen atoms in total. The van der Waals surface area contributed by atoms with E-state index in [9.17, 15) is 14.7 Å². The van der Waals surface area contributed by atoms with Crippen LogP contribution in [0.5, 0.6) is 0 Å². The van der Waals surface area contributed by atoms with Gasteiger partial charge in [0, 0.05) is 12.6 Å². The Morgan fingerprint density at radius 2 is 1.79 bits per heavy atom. The number of benzene rings is 1. The van der Waals surface area contributed by atoms with Crippen molar-refractivity contribution in [1.82, 2.24) is 16.0 Å². The zero-order valence-electron chi connectivity index (χ0n) is 16.7. The van der Waals surface area contributed by atoms with Gasteiger partial charge in [-0.25, -0.2) is 4.79 Å². The molecule has 1 aromatic carbocycles. The van der Waals surface area contributed by atoms with Crippen molar-refractivity contribution in [1.29, 1.82) is 0 Å². The van der Waals surface area contributed by atoms with Crippen LogP contribution >= 0.6 is 0 Å². The lowest BCUT2D eigenvalue weighted by Crippen LogP contribution is -2.53. The second-order valence-corrected chi connectivity index (χ2v) is 7.73. The second kappa shape index (κ2) is 11.0. The van der Waals surface area contributed by atoms with Gasteiger partial charge in [0.05, 0.1) is 25.2 Å². The minimum absolute atomic E-state index is 0.123. The fourth-order valence-electron chi connectivity index (χ4n) is 3.81. The minimum Gasteiger partial charge on any atom is -0.394 e. The lowest BCUT2D eigenvalue weighted by molar-refractivity contribution is -0.125. The molecule has 3 atom stereocenters. The average molecular weight is 402 g/mol. The number of hydrogen-bond acceptors (Lipinski definition) is 4. The number of aliphatic hydroxyl groups is 1. The maximum absolute atomic E-state index is 12.3. The Hall–Kier alpha value is -2.38. The largest absolute Gasteiger partial charge is 0.394 e. The summed E-state index contributed by atoms with van der Waals surface area (Å²) in [6.07, 6.45) is 8.27. The van der Waals surface area contributed by atoms with Crippen molar-refractivity contribution in [2.24, 2.45) is 0 Å². The van der Waals surface area contributed by atoms with Gasteiger partial charge in [0.1, 0.15) is 6.10 Å². The topological polar surface area (TPSA) is 99.7 Å². The van der Waals surface area contributed by atoms with Crippen molar-refractivity contribution in [3.05, 3.63) is 48.0 Å². The van der Waals surface area contributed by atoms with Crippen molar-refractivity contribution >= 4 is 11.9 Å². The van der Waals surface area contributed by atoms with E-state index in [1.54, 1.807) is 12.2 Å². The van der Waals surface area contributed by atoms with Gasteiger partial charge in [-0.15, -0.1) is 0 Å². The molecular weight excluding hydrogens is 370 g/mol. The first kappa shape index (κ1) is 21.3. The predicted octanol–water partition coefficient (Wildman–Crippen LogP) is 2.01. The van der Waals surface area contributed by atoms with Crippen molar-refractivity contribution in [2.45, 2.75) is 69.4 Å². The smallest absolute Gasteiger partial charge is 0.315 e. The molecule has 1 aliphatic carbocycles. The molecule has 1 aromatic rings. The molecule has 29 heavy (non-hydrogen) atoms. The van der Waals surface area contributed by atoms with E-state index in [4.69, 9.17) is 4.74 Å². The number of aliphatic hydroxyl groups excluding tert-OH is 1.